The average molecular weight is 128 g/mol. The van der Waals surface area contributed by atoms with Crippen molar-refractivity contribution in [3.63, 3.8) is 0 Å². The second-order valence-electron chi connectivity index (χ2n) is 3.18. The van der Waals surface area contributed by atoms with Crippen molar-refractivity contribution in [1.29, 1.82) is 0 Å². The minimum atomic E-state index is 0.384. The van der Waals surface area contributed by atoms with Gasteiger partial charge in [-0.1, -0.05) is 26.2 Å². The van der Waals surface area contributed by atoms with E-state index in [1.165, 1.54) is 19.3 Å². The first-order valence-electron chi connectivity index (χ1n) is 3.95. The summed E-state index contributed by atoms with van der Waals surface area (Å²) in [6, 6.07) is 0. The summed E-state index contributed by atoms with van der Waals surface area (Å²) in [5.74, 6) is 1.70. The minimum Gasteiger partial charge on any atom is -0.396 e. The van der Waals surface area contributed by atoms with Crippen LogP contribution in [-0.4, -0.2) is 11.7 Å². The fraction of sp³-hybridized carbons (Fsp3) is 1.00. The molecule has 0 heterocycles. The Kier molecular flexibility index (Phi) is 2.52. The van der Waals surface area contributed by atoms with Crippen LogP contribution in [-0.2, 0) is 0 Å². The normalized spacial score (nSPS) is 35.3. The number of aliphatic hydroxyl groups excluding tert-OH is 1. The molecule has 0 aliphatic heterocycles. The zero-order valence-electron chi connectivity index (χ0n) is 6.14. The van der Waals surface area contributed by atoms with Crippen LogP contribution in [0.1, 0.15) is 32.6 Å². The van der Waals surface area contributed by atoms with Crippen molar-refractivity contribution >= 4 is 0 Å². The van der Waals surface area contributed by atoms with Crippen LogP contribution < -0.4 is 0 Å². The van der Waals surface area contributed by atoms with Gasteiger partial charge in [-0.05, 0) is 18.3 Å². The zero-order chi connectivity index (χ0) is 6.69. The molecule has 1 aliphatic carbocycles. The maximum atomic E-state index is 8.64. The Labute approximate surface area is 57.1 Å². The molecule has 1 saturated carbocycles. The maximum Gasteiger partial charge on any atom is 0.0433 e. The smallest absolute Gasteiger partial charge is 0.0433 e. The third-order valence-corrected chi connectivity index (χ3v) is 2.54. The molecule has 0 aromatic rings. The van der Waals surface area contributed by atoms with Gasteiger partial charge in [0.15, 0.2) is 0 Å². The van der Waals surface area contributed by atoms with Gasteiger partial charge in [-0.2, -0.15) is 0 Å². The lowest BCUT2D eigenvalue weighted by Crippen LogP contribution is -2.05. The number of aliphatic hydroxyl groups is 1. The second-order valence-corrected chi connectivity index (χ2v) is 3.18. The van der Waals surface area contributed by atoms with Gasteiger partial charge in [-0.15, -0.1) is 0 Å². The topological polar surface area (TPSA) is 20.2 Å². The van der Waals surface area contributed by atoms with E-state index in [-0.39, 0.29) is 0 Å². The van der Waals surface area contributed by atoms with E-state index in [9.17, 15) is 0 Å². The molecule has 2 atom stereocenters. The molecule has 0 aromatic carbocycles. The van der Waals surface area contributed by atoms with E-state index in [0.717, 1.165) is 18.3 Å². The van der Waals surface area contributed by atoms with Gasteiger partial charge in [0.05, 0.1) is 0 Å². The molecule has 1 nitrogen and oxygen atoms in total. The predicted octanol–water partition coefficient (Wildman–Crippen LogP) is 1.81. The molecule has 9 heavy (non-hydrogen) atoms. The van der Waals surface area contributed by atoms with Gasteiger partial charge in [-0.25, -0.2) is 0 Å². The fourth-order valence-electron chi connectivity index (χ4n) is 1.82. The lowest BCUT2D eigenvalue weighted by atomic mass is 9.95. The molecule has 1 heteroatoms. The van der Waals surface area contributed by atoms with Crippen LogP contribution in [0.5, 0.6) is 0 Å². The minimum absolute atomic E-state index is 0.384. The van der Waals surface area contributed by atoms with Crippen LogP contribution >= 0.6 is 0 Å². The van der Waals surface area contributed by atoms with E-state index in [1.54, 1.807) is 0 Å². The van der Waals surface area contributed by atoms with Crippen molar-refractivity contribution in [3.8, 4) is 0 Å². The highest BCUT2D eigenvalue weighted by Crippen LogP contribution is 2.32. The van der Waals surface area contributed by atoms with E-state index in [4.69, 9.17) is 5.11 Å². The third kappa shape index (κ3) is 1.68. The molecule has 1 aliphatic rings. The summed E-state index contributed by atoms with van der Waals surface area (Å²) in [5.41, 5.74) is 0. The molecule has 54 valence electrons. The average Bonchev–Trinajstić information content (AvgIpc) is 2.18. The molecule has 0 aromatic heterocycles. The van der Waals surface area contributed by atoms with E-state index >= 15 is 0 Å². The lowest BCUT2D eigenvalue weighted by molar-refractivity contribution is 0.240. The quantitative estimate of drug-likeness (QED) is 0.601. The Balaban J connectivity index is 2.22. The number of hydrogen-bond acceptors (Lipinski definition) is 1. The van der Waals surface area contributed by atoms with Crippen LogP contribution in [0.15, 0.2) is 0 Å². The monoisotopic (exact) mass is 128 g/mol. The maximum absolute atomic E-state index is 8.64. The van der Waals surface area contributed by atoms with Gasteiger partial charge < -0.3 is 5.11 Å². The van der Waals surface area contributed by atoms with E-state index < -0.39 is 0 Å². The summed E-state index contributed by atoms with van der Waals surface area (Å²) >= 11 is 0. The van der Waals surface area contributed by atoms with Gasteiger partial charge in [0.1, 0.15) is 0 Å². The van der Waals surface area contributed by atoms with Crippen molar-refractivity contribution in [2.75, 3.05) is 6.61 Å². The second kappa shape index (κ2) is 3.21. The van der Waals surface area contributed by atoms with Crippen LogP contribution in [0.25, 0.3) is 0 Å². The standard InChI is InChI=1S/C8H16O/c1-7-3-2-4-8(7)5-6-9/h7-9H,2-6H2,1H3/t7-,8?/m0/s1. The van der Waals surface area contributed by atoms with Gasteiger partial charge >= 0.3 is 0 Å². The molecule has 1 unspecified atom stereocenters. The van der Waals surface area contributed by atoms with Crippen molar-refractivity contribution in [3.05, 3.63) is 0 Å². The van der Waals surface area contributed by atoms with Crippen LogP contribution in [0.4, 0.5) is 0 Å². The highest BCUT2D eigenvalue weighted by molar-refractivity contribution is 4.73. The SMILES string of the molecule is C[C@H]1CCCC1CCO. The predicted molar refractivity (Wildman–Crippen MR) is 38.2 cm³/mol. The molecule has 1 fully saturated rings. The largest absolute Gasteiger partial charge is 0.396 e. The molecule has 0 bridgehead atoms. The summed E-state index contributed by atoms with van der Waals surface area (Å²) in [7, 11) is 0. The summed E-state index contributed by atoms with van der Waals surface area (Å²) in [6.07, 6.45) is 5.14. The Hall–Kier alpha value is -0.0400. The first-order valence-corrected chi connectivity index (χ1v) is 3.95. The fourth-order valence-corrected chi connectivity index (χ4v) is 1.82. The van der Waals surface area contributed by atoms with Crippen molar-refractivity contribution in [2.24, 2.45) is 11.8 Å². The summed E-state index contributed by atoms with van der Waals surface area (Å²) in [4.78, 5) is 0. The number of rotatable bonds is 2. The molecular formula is C8H16O. The van der Waals surface area contributed by atoms with Gasteiger partial charge in [0, 0.05) is 6.61 Å². The first kappa shape index (κ1) is 7.07. The molecule has 0 saturated heterocycles. The lowest BCUT2D eigenvalue weighted by Gasteiger charge is -2.12. The van der Waals surface area contributed by atoms with Crippen LogP contribution in [0, 0.1) is 11.8 Å². The van der Waals surface area contributed by atoms with Crippen molar-refractivity contribution in [2.45, 2.75) is 32.6 Å². The van der Waals surface area contributed by atoms with E-state index in [0.29, 0.717) is 6.61 Å². The molecule has 0 amide bonds. The van der Waals surface area contributed by atoms with Gasteiger partial charge in [0.2, 0.25) is 0 Å². The molecule has 1 N–H and O–H groups in total. The molecule has 0 radical (unpaired) electrons. The highest BCUT2D eigenvalue weighted by Gasteiger charge is 2.21. The van der Waals surface area contributed by atoms with E-state index in [1.807, 2.05) is 0 Å². The Morgan fingerprint density at radius 3 is 2.67 bits per heavy atom. The van der Waals surface area contributed by atoms with Crippen molar-refractivity contribution < 1.29 is 5.11 Å². The number of hydrogen-bond donors (Lipinski definition) is 1. The zero-order valence-corrected chi connectivity index (χ0v) is 6.14. The van der Waals surface area contributed by atoms with Crippen molar-refractivity contribution in [1.82, 2.24) is 0 Å². The van der Waals surface area contributed by atoms with E-state index in [2.05, 4.69) is 6.92 Å². The summed E-state index contributed by atoms with van der Waals surface area (Å²) in [6.45, 7) is 2.68. The Bertz CT molecular complexity index is 80.6. The van der Waals surface area contributed by atoms with Crippen LogP contribution in [0.2, 0.25) is 0 Å². The summed E-state index contributed by atoms with van der Waals surface area (Å²) in [5, 5.41) is 8.64. The molecule has 0 spiro atoms. The van der Waals surface area contributed by atoms with Gasteiger partial charge in [-0.3, -0.25) is 0 Å². The molecular weight excluding hydrogens is 112 g/mol. The summed E-state index contributed by atoms with van der Waals surface area (Å²) < 4.78 is 0. The van der Waals surface area contributed by atoms with Crippen LogP contribution in [0.3, 0.4) is 0 Å². The Morgan fingerprint density at radius 2 is 2.22 bits per heavy atom. The van der Waals surface area contributed by atoms with Gasteiger partial charge in [0.25, 0.3) is 0 Å². The Morgan fingerprint density at radius 1 is 1.44 bits per heavy atom. The highest BCUT2D eigenvalue weighted by atomic mass is 16.3. The third-order valence-electron chi connectivity index (χ3n) is 2.54. The molecule has 1 rings (SSSR count). The first-order chi connectivity index (χ1) is 4.34.